The summed E-state index contributed by atoms with van der Waals surface area (Å²) in [4.78, 5) is 16.2. The molecular formula is C25H27F2N3O4S. The summed E-state index contributed by atoms with van der Waals surface area (Å²) in [5.41, 5.74) is 0.941. The molecule has 2 N–H and O–H groups in total. The topological polar surface area (TPSA) is 101 Å². The van der Waals surface area contributed by atoms with E-state index in [0.29, 0.717) is 11.3 Å². The van der Waals surface area contributed by atoms with E-state index in [-0.39, 0.29) is 29.9 Å². The van der Waals surface area contributed by atoms with Gasteiger partial charge in [-0.1, -0.05) is 30.3 Å². The van der Waals surface area contributed by atoms with Gasteiger partial charge < -0.3 is 15.1 Å². The molecule has 7 nitrogen and oxygen atoms in total. The average Bonchev–Trinajstić information content (AvgIpc) is 3.24. The van der Waals surface area contributed by atoms with Crippen LogP contribution in [0.15, 0.2) is 53.3 Å². The first-order chi connectivity index (χ1) is 16.6. The van der Waals surface area contributed by atoms with Crippen LogP contribution in [0.3, 0.4) is 0 Å². The van der Waals surface area contributed by atoms with Crippen LogP contribution in [-0.4, -0.2) is 37.1 Å². The molecule has 2 aromatic carbocycles. The van der Waals surface area contributed by atoms with E-state index in [0.717, 1.165) is 18.5 Å². The van der Waals surface area contributed by atoms with E-state index in [1.54, 1.807) is 38.1 Å². The molecule has 1 aromatic heterocycles. The zero-order chi connectivity index (χ0) is 25.3. The Hall–Kier alpha value is -3.11. The number of carbonyl (C=O) groups is 1. The maximum atomic E-state index is 15.1. The highest BCUT2D eigenvalue weighted by Gasteiger charge is 2.42. The SMILES string of the molecule is Cc1ncoc1C(=O)NC(C)c1cc(F)c(CC2[C@H](C)NC[C@@H](c3ccccc3)S2(=O)=O)cc1F. The van der Waals surface area contributed by atoms with Crippen molar-refractivity contribution in [3.63, 3.8) is 0 Å². The lowest BCUT2D eigenvalue weighted by Gasteiger charge is -2.35. The van der Waals surface area contributed by atoms with Gasteiger partial charge in [-0.25, -0.2) is 22.2 Å². The number of sulfone groups is 1. The monoisotopic (exact) mass is 503 g/mol. The zero-order valence-electron chi connectivity index (χ0n) is 19.6. The number of oxazole rings is 1. The predicted molar refractivity (Wildman–Crippen MR) is 127 cm³/mol. The van der Waals surface area contributed by atoms with Crippen LogP contribution in [0.2, 0.25) is 0 Å². The van der Waals surface area contributed by atoms with Crippen molar-refractivity contribution in [3.05, 3.63) is 88.6 Å². The molecule has 0 aliphatic carbocycles. The number of rotatable bonds is 6. The van der Waals surface area contributed by atoms with Crippen molar-refractivity contribution in [1.82, 2.24) is 15.6 Å². The lowest BCUT2D eigenvalue weighted by Crippen LogP contribution is -2.53. The fourth-order valence-electron chi connectivity index (χ4n) is 4.47. The second-order valence-electron chi connectivity index (χ2n) is 8.86. The lowest BCUT2D eigenvalue weighted by atomic mass is 9.99. The van der Waals surface area contributed by atoms with E-state index in [2.05, 4.69) is 15.6 Å². The van der Waals surface area contributed by atoms with Crippen LogP contribution in [0.25, 0.3) is 0 Å². The summed E-state index contributed by atoms with van der Waals surface area (Å²) in [5.74, 6) is -2.08. The second kappa shape index (κ2) is 9.87. The third kappa shape index (κ3) is 4.99. The maximum absolute atomic E-state index is 15.1. The van der Waals surface area contributed by atoms with Crippen LogP contribution in [-0.2, 0) is 16.3 Å². The molecule has 4 atom stereocenters. The number of aryl methyl sites for hydroxylation is 1. The van der Waals surface area contributed by atoms with Gasteiger partial charge in [0.2, 0.25) is 5.76 Å². The number of benzene rings is 2. The summed E-state index contributed by atoms with van der Waals surface area (Å²) in [6, 6.07) is 9.57. The standard InChI is InChI=1S/C25H27F2N3O4S/c1-14(30-25(31)24-16(3)29-13-34-24)19-11-20(26)18(9-21(19)27)10-22-15(2)28-12-23(35(22,32)33)17-7-5-4-6-8-17/h4-9,11,13-15,22-23,28H,10,12H2,1-3H3,(H,30,31)/t14?,15-,22?,23-/m0/s1. The number of hydrogen-bond acceptors (Lipinski definition) is 6. The molecule has 0 bridgehead atoms. The molecule has 0 radical (unpaired) electrons. The normalized spacial score (nSPS) is 22.5. The fourth-order valence-corrected chi connectivity index (χ4v) is 6.84. The molecule has 2 unspecified atom stereocenters. The van der Waals surface area contributed by atoms with Gasteiger partial charge in [0.25, 0.3) is 5.91 Å². The van der Waals surface area contributed by atoms with Gasteiger partial charge >= 0.3 is 0 Å². The largest absolute Gasteiger partial charge is 0.438 e. The lowest BCUT2D eigenvalue weighted by molar-refractivity contribution is 0.0910. The van der Waals surface area contributed by atoms with Crippen LogP contribution in [0.5, 0.6) is 0 Å². The summed E-state index contributed by atoms with van der Waals surface area (Å²) in [6.45, 7) is 5.09. The van der Waals surface area contributed by atoms with Gasteiger partial charge in [0.1, 0.15) is 11.6 Å². The first-order valence-electron chi connectivity index (χ1n) is 11.3. The van der Waals surface area contributed by atoms with Gasteiger partial charge in [-0.05, 0) is 50.5 Å². The van der Waals surface area contributed by atoms with Gasteiger partial charge in [0.05, 0.1) is 22.2 Å². The van der Waals surface area contributed by atoms with Gasteiger partial charge in [-0.2, -0.15) is 0 Å². The minimum atomic E-state index is -3.69. The highest BCUT2D eigenvalue weighted by atomic mass is 32.2. The summed E-state index contributed by atoms with van der Waals surface area (Å²) in [6.07, 6.45) is 0.947. The number of nitrogens with one attached hydrogen (secondary N) is 2. The molecule has 1 aliphatic heterocycles. The number of nitrogens with zero attached hydrogens (tertiary/aromatic N) is 1. The van der Waals surface area contributed by atoms with E-state index in [9.17, 15) is 13.2 Å². The summed E-state index contributed by atoms with van der Waals surface area (Å²) >= 11 is 0. The molecule has 4 rings (SSSR count). The third-order valence-corrected chi connectivity index (χ3v) is 9.18. The van der Waals surface area contributed by atoms with Gasteiger partial charge in [0.15, 0.2) is 16.2 Å². The molecule has 1 saturated heterocycles. The highest BCUT2D eigenvalue weighted by molar-refractivity contribution is 7.92. The number of aromatic nitrogens is 1. The van der Waals surface area contributed by atoms with Crippen molar-refractivity contribution in [2.45, 2.75) is 49.8 Å². The molecule has 2 heterocycles. The molecule has 0 saturated carbocycles. The third-order valence-electron chi connectivity index (χ3n) is 6.53. The predicted octanol–water partition coefficient (Wildman–Crippen LogP) is 3.81. The van der Waals surface area contributed by atoms with Crippen LogP contribution in [0.4, 0.5) is 8.78 Å². The minimum Gasteiger partial charge on any atom is -0.438 e. The number of halogens is 2. The maximum Gasteiger partial charge on any atom is 0.289 e. The summed E-state index contributed by atoms with van der Waals surface area (Å²) < 4.78 is 62.0. The molecule has 3 aromatic rings. The Kier molecular flexibility index (Phi) is 7.05. The molecule has 10 heteroatoms. The molecule has 35 heavy (non-hydrogen) atoms. The first-order valence-corrected chi connectivity index (χ1v) is 12.9. The van der Waals surface area contributed by atoms with Crippen molar-refractivity contribution >= 4 is 15.7 Å². The number of carbonyl (C=O) groups excluding carboxylic acids is 1. The Balaban J connectivity index is 1.56. The highest BCUT2D eigenvalue weighted by Crippen LogP contribution is 2.33. The Morgan fingerprint density at radius 1 is 1.23 bits per heavy atom. The molecule has 186 valence electrons. The van der Waals surface area contributed by atoms with Crippen LogP contribution >= 0.6 is 0 Å². The van der Waals surface area contributed by atoms with E-state index < -0.39 is 50.0 Å². The second-order valence-corrected chi connectivity index (χ2v) is 11.2. The van der Waals surface area contributed by atoms with E-state index in [1.807, 2.05) is 6.07 Å². The Bertz CT molecular complexity index is 1330. The van der Waals surface area contributed by atoms with Gasteiger partial charge in [-0.3, -0.25) is 4.79 Å². The van der Waals surface area contributed by atoms with E-state index in [1.165, 1.54) is 6.92 Å². The summed E-state index contributed by atoms with van der Waals surface area (Å²) in [7, 11) is -3.69. The van der Waals surface area contributed by atoms with Crippen molar-refractivity contribution in [1.29, 1.82) is 0 Å². The first kappa shape index (κ1) is 25.0. The zero-order valence-corrected chi connectivity index (χ0v) is 20.4. The van der Waals surface area contributed by atoms with Crippen LogP contribution in [0, 0.1) is 18.6 Å². The summed E-state index contributed by atoms with van der Waals surface area (Å²) in [5, 5.41) is 4.06. The Labute approximate surface area is 202 Å². The molecule has 1 aliphatic rings. The molecular weight excluding hydrogens is 476 g/mol. The molecule has 0 spiro atoms. The van der Waals surface area contributed by atoms with Crippen molar-refractivity contribution < 1.29 is 26.4 Å². The van der Waals surface area contributed by atoms with Gasteiger partial charge in [0, 0.05) is 18.2 Å². The number of hydrogen-bond donors (Lipinski definition) is 2. The van der Waals surface area contributed by atoms with Crippen molar-refractivity contribution in [3.8, 4) is 0 Å². The fraction of sp³-hybridized carbons (Fsp3) is 0.360. The average molecular weight is 504 g/mol. The van der Waals surface area contributed by atoms with Crippen molar-refractivity contribution in [2.24, 2.45) is 0 Å². The molecule has 1 amide bonds. The number of amides is 1. The van der Waals surface area contributed by atoms with Crippen molar-refractivity contribution in [2.75, 3.05) is 6.54 Å². The quantitative estimate of drug-likeness (QED) is 0.531. The Morgan fingerprint density at radius 2 is 1.94 bits per heavy atom. The molecule has 1 fully saturated rings. The van der Waals surface area contributed by atoms with Crippen LogP contribution in [0.1, 0.15) is 58.1 Å². The van der Waals surface area contributed by atoms with E-state index in [4.69, 9.17) is 4.42 Å². The van der Waals surface area contributed by atoms with E-state index >= 15 is 8.78 Å². The van der Waals surface area contributed by atoms with Gasteiger partial charge in [-0.15, -0.1) is 0 Å². The minimum absolute atomic E-state index is 0.00804. The smallest absolute Gasteiger partial charge is 0.289 e. The van der Waals surface area contributed by atoms with Crippen LogP contribution < -0.4 is 10.6 Å². The Morgan fingerprint density at radius 3 is 2.60 bits per heavy atom.